The number of hydrogen-bond donors (Lipinski definition) is 0. The first kappa shape index (κ1) is 15.4. The number of amides is 1. The second kappa shape index (κ2) is 7.20. The van der Waals surface area contributed by atoms with E-state index in [1.54, 1.807) is 12.1 Å². The Morgan fingerprint density at radius 3 is 2.50 bits per heavy atom. The fourth-order valence-electron chi connectivity index (χ4n) is 3.15. The van der Waals surface area contributed by atoms with E-state index in [1.165, 1.54) is 25.0 Å². The maximum atomic E-state index is 12.9. The van der Waals surface area contributed by atoms with E-state index < -0.39 is 0 Å². The summed E-state index contributed by atoms with van der Waals surface area (Å²) in [6, 6.07) is 5.79. The molecule has 2 saturated heterocycles. The number of benzene rings is 1. The molecule has 0 saturated carbocycles. The predicted octanol–water partition coefficient (Wildman–Crippen LogP) is 2.15. The molecule has 22 heavy (non-hydrogen) atoms. The number of hydrogen-bond acceptors (Lipinski definition) is 3. The number of nitrogens with zero attached hydrogens (tertiary/aromatic N) is 2. The van der Waals surface area contributed by atoms with Crippen LogP contribution in [0.15, 0.2) is 24.3 Å². The van der Waals surface area contributed by atoms with Gasteiger partial charge in [-0.15, -0.1) is 0 Å². The molecule has 0 aromatic heterocycles. The Hall–Kier alpha value is -1.46. The van der Waals surface area contributed by atoms with Crippen LogP contribution < -0.4 is 0 Å². The van der Waals surface area contributed by atoms with Gasteiger partial charge in [-0.1, -0.05) is 0 Å². The Morgan fingerprint density at radius 2 is 1.86 bits per heavy atom. The molecule has 2 aliphatic heterocycles. The molecule has 1 unspecified atom stereocenters. The quantitative estimate of drug-likeness (QED) is 0.858. The van der Waals surface area contributed by atoms with Gasteiger partial charge in [0.2, 0.25) is 0 Å². The maximum absolute atomic E-state index is 12.9. The third-order valence-electron chi connectivity index (χ3n) is 4.49. The van der Waals surface area contributed by atoms with Crippen LogP contribution in [0, 0.1) is 5.82 Å². The van der Waals surface area contributed by atoms with Crippen molar-refractivity contribution in [1.29, 1.82) is 0 Å². The summed E-state index contributed by atoms with van der Waals surface area (Å²) in [5, 5.41) is 0. The van der Waals surface area contributed by atoms with Crippen LogP contribution in [-0.2, 0) is 4.74 Å². The van der Waals surface area contributed by atoms with Gasteiger partial charge in [-0.2, -0.15) is 0 Å². The fraction of sp³-hybridized carbons (Fsp3) is 0.588. The summed E-state index contributed by atoms with van der Waals surface area (Å²) in [5.74, 6) is -0.317. The Morgan fingerprint density at radius 1 is 1.14 bits per heavy atom. The van der Waals surface area contributed by atoms with Crippen LogP contribution in [-0.4, -0.2) is 61.1 Å². The summed E-state index contributed by atoms with van der Waals surface area (Å²) in [4.78, 5) is 16.6. The second-order valence-corrected chi connectivity index (χ2v) is 6.09. The summed E-state index contributed by atoms with van der Waals surface area (Å²) >= 11 is 0. The summed E-state index contributed by atoms with van der Waals surface area (Å²) in [7, 11) is 0. The van der Waals surface area contributed by atoms with Crippen molar-refractivity contribution in [2.75, 3.05) is 39.3 Å². The van der Waals surface area contributed by atoms with Crippen molar-refractivity contribution in [2.45, 2.75) is 25.4 Å². The topological polar surface area (TPSA) is 32.8 Å². The van der Waals surface area contributed by atoms with E-state index in [9.17, 15) is 9.18 Å². The largest absolute Gasteiger partial charge is 0.377 e. The average molecular weight is 306 g/mol. The molecule has 0 radical (unpaired) electrons. The average Bonchev–Trinajstić information content (AvgIpc) is 2.57. The van der Waals surface area contributed by atoms with Crippen LogP contribution in [0.5, 0.6) is 0 Å². The van der Waals surface area contributed by atoms with Crippen LogP contribution in [0.2, 0.25) is 0 Å². The van der Waals surface area contributed by atoms with Gasteiger partial charge in [-0.3, -0.25) is 9.69 Å². The molecule has 2 fully saturated rings. The smallest absolute Gasteiger partial charge is 0.253 e. The van der Waals surface area contributed by atoms with Crippen LogP contribution >= 0.6 is 0 Å². The SMILES string of the molecule is O=C(c1ccc(F)cc1)N1CCN(CC2CCCCO2)CC1. The highest BCUT2D eigenvalue weighted by Crippen LogP contribution is 2.15. The second-order valence-electron chi connectivity index (χ2n) is 6.09. The molecule has 5 heteroatoms. The van der Waals surface area contributed by atoms with E-state index in [2.05, 4.69) is 4.90 Å². The van der Waals surface area contributed by atoms with Crippen molar-refractivity contribution in [3.8, 4) is 0 Å². The van der Waals surface area contributed by atoms with E-state index in [1.807, 2.05) is 4.90 Å². The molecule has 1 atom stereocenters. The van der Waals surface area contributed by atoms with Crippen LogP contribution in [0.1, 0.15) is 29.6 Å². The zero-order valence-electron chi connectivity index (χ0n) is 12.8. The molecular formula is C17H23FN2O2. The Bertz CT molecular complexity index is 492. The van der Waals surface area contributed by atoms with Gasteiger partial charge < -0.3 is 9.64 Å². The molecular weight excluding hydrogens is 283 g/mol. The molecule has 1 aromatic carbocycles. The number of halogens is 1. The number of rotatable bonds is 3. The molecule has 0 N–H and O–H groups in total. The van der Waals surface area contributed by atoms with Crippen LogP contribution in [0.3, 0.4) is 0 Å². The highest BCUT2D eigenvalue weighted by Gasteiger charge is 2.24. The third-order valence-corrected chi connectivity index (χ3v) is 4.49. The molecule has 1 amide bonds. The molecule has 120 valence electrons. The number of carbonyl (C=O) groups excluding carboxylic acids is 1. The lowest BCUT2D eigenvalue weighted by Crippen LogP contribution is -2.50. The molecule has 2 heterocycles. The van der Waals surface area contributed by atoms with Crippen molar-refractivity contribution in [1.82, 2.24) is 9.80 Å². The molecule has 3 rings (SSSR count). The van der Waals surface area contributed by atoms with Crippen molar-refractivity contribution < 1.29 is 13.9 Å². The van der Waals surface area contributed by atoms with E-state index in [4.69, 9.17) is 4.74 Å². The van der Waals surface area contributed by atoms with Crippen molar-refractivity contribution in [3.05, 3.63) is 35.6 Å². The Kier molecular flexibility index (Phi) is 5.05. The van der Waals surface area contributed by atoms with Gasteiger partial charge in [0.05, 0.1) is 6.10 Å². The predicted molar refractivity (Wildman–Crippen MR) is 82.3 cm³/mol. The standard InChI is InChI=1S/C17H23FN2O2/c18-15-6-4-14(5-7-15)17(21)20-10-8-19(9-11-20)13-16-3-1-2-12-22-16/h4-7,16H,1-3,8-13H2. The van der Waals surface area contributed by atoms with Gasteiger partial charge >= 0.3 is 0 Å². The maximum Gasteiger partial charge on any atom is 0.253 e. The molecule has 2 aliphatic rings. The minimum absolute atomic E-state index is 0.00596. The Balaban J connectivity index is 1.48. The molecule has 4 nitrogen and oxygen atoms in total. The lowest BCUT2D eigenvalue weighted by molar-refractivity contribution is -0.0130. The highest BCUT2D eigenvalue weighted by molar-refractivity contribution is 5.94. The van der Waals surface area contributed by atoms with E-state index >= 15 is 0 Å². The minimum atomic E-state index is -0.311. The Labute approximate surface area is 130 Å². The first-order valence-electron chi connectivity index (χ1n) is 8.11. The summed E-state index contributed by atoms with van der Waals surface area (Å²) < 4.78 is 18.7. The highest BCUT2D eigenvalue weighted by atomic mass is 19.1. The van der Waals surface area contributed by atoms with E-state index in [0.717, 1.165) is 45.8 Å². The third kappa shape index (κ3) is 3.84. The summed E-state index contributed by atoms with van der Waals surface area (Å²) in [5.41, 5.74) is 0.561. The van der Waals surface area contributed by atoms with Crippen LogP contribution in [0.25, 0.3) is 0 Å². The number of piperazine rings is 1. The lowest BCUT2D eigenvalue weighted by atomic mass is 10.1. The summed E-state index contributed by atoms with van der Waals surface area (Å²) in [6.07, 6.45) is 3.94. The van der Waals surface area contributed by atoms with Gasteiger partial charge in [-0.05, 0) is 43.5 Å². The zero-order valence-corrected chi connectivity index (χ0v) is 12.8. The summed E-state index contributed by atoms with van der Waals surface area (Å²) in [6.45, 7) is 5.07. The van der Waals surface area contributed by atoms with Crippen molar-refractivity contribution in [3.63, 3.8) is 0 Å². The zero-order chi connectivity index (χ0) is 15.4. The molecule has 1 aromatic rings. The van der Waals surface area contributed by atoms with Gasteiger partial charge in [0.1, 0.15) is 5.82 Å². The van der Waals surface area contributed by atoms with Crippen molar-refractivity contribution >= 4 is 5.91 Å². The van der Waals surface area contributed by atoms with E-state index in [0.29, 0.717) is 11.7 Å². The first-order chi connectivity index (χ1) is 10.7. The van der Waals surface area contributed by atoms with Gasteiger partial charge in [0, 0.05) is 44.9 Å². The lowest BCUT2D eigenvalue weighted by Gasteiger charge is -2.37. The monoisotopic (exact) mass is 306 g/mol. The normalized spacial score (nSPS) is 23.5. The number of carbonyl (C=O) groups is 1. The molecule has 0 aliphatic carbocycles. The number of ether oxygens (including phenoxy) is 1. The van der Waals surface area contributed by atoms with Gasteiger partial charge in [0.15, 0.2) is 0 Å². The fourth-order valence-corrected chi connectivity index (χ4v) is 3.15. The van der Waals surface area contributed by atoms with Crippen LogP contribution in [0.4, 0.5) is 4.39 Å². The molecule has 0 bridgehead atoms. The molecule has 0 spiro atoms. The van der Waals surface area contributed by atoms with Gasteiger partial charge in [-0.25, -0.2) is 4.39 Å². The minimum Gasteiger partial charge on any atom is -0.377 e. The van der Waals surface area contributed by atoms with Gasteiger partial charge in [0.25, 0.3) is 5.91 Å². The van der Waals surface area contributed by atoms with Crippen molar-refractivity contribution in [2.24, 2.45) is 0 Å². The van der Waals surface area contributed by atoms with E-state index in [-0.39, 0.29) is 11.7 Å². The first-order valence-corrected chi connectivity index (χ1v) is 8.11.